The van der Waals surface area contributed by atoms with Gasteiger partial charge in [0, 0.05) is 16.1 Å². The first-order valence-electron chi connectivity index (χ1n) is 8.13. The number of amides is 1. The van der Waals surface area contributed by atoms with Crippen LogP contribution in [0.15, 0.2) is 23.0 Å². The van der Waals surface area contributed by atoms with Gasteiger partial charge >= 0.3 is 0 Å². The topological polar surface area (TPSA) is 66.9 Å². The van der Waals surface area contributed by atoms with Gasteiger partial charge in [0.05, 0.1) is 16.6 Å². The maximum Gasteiger partial charge on any atom is 0.270 e. The molecule has 1 aliphatic heterocycles. The monoisotopic (exact) mass is 399 g/mol. The van der Waals surface area contributed by atoms with E-state index in [2.05, 4.69) is 17.3 Å². The van der Waals surface area contributed by atoms with E-state index in [0.717, 1.165) is 18.4 Å². The average molecular weight is 400 g/mol. The highest BCUT2D eigenvalue weighted by atomic mass is 35.5. The van der Waals surface area contributed by atoms with E-state index in [1.54, 1.807) is 16.8 Å². The van der Waals surface area contributed by atoms with Crippen molar-refractivity contribution in [1.29, 1.82) is 0 Å². The van der Waals surface area contributed by atoms with Crippen molar-refractivity contribution in [2.75, 3.05) is 11.1 Å². The van der Waals surface area contributed by atoms with Gasteiger partial charge in [-0.05, 0) is 31.0 Å². The van der Waals surface area contributed by atoms with Crippen LogP contribution in [-0.4, -0.2) is 21.4 Å². The molecule has 0 bridgehead atoms. The van der Waals surface area contributed by atoms with E-state index in [4.69, 9.17) is 23.2 Å². The Kier molecular flexibility index (Phi) is 5.51. The molecule has 0 aliphatic carbocycles. The second kappa shape index (κ2) is 7.48. The third kappa shape index (κ3) is 3.61. The fraction of sp³-hybridized carbons (Fsp3) is 0.412. The van der Waals surface area contributed by atoms with Crippen molar-refractivity contribution in [3.63, 3.8) is 0 Å². The Morgan fingerprint density at radius 1 is 1.36 bits per heavy atom. The first-order valence-corrected chi connectivity index (χ1v) is 9.93. The zero-order chi connectivity index (χ0) is 18.1. The molecular weight excluding hydrogens is 381 g/mol. The number of nitrogens with one attached hydrogen (secondary N) is 2. The number of fused-ring (bicyclic) bond motifs is 1. The van der Waals surface area contributed by atoms with Crippen LogP contribution in [-0.2, 0) is 4.79 Å². The SMILES string of the molecule is CCC[C@@H](C)n1[nH]c(=O)c2c1NC(=O)CS[C@@H]2c1ccc(Cl)cc1Cl. The van der Waals surface area contributed by atoms with Gasteiger partial charge in [0.2, 0.25) is 5.91 Å². The molecule has 0 spiro atoms. The van der Waals surface area contributed by atoms with Crippen LogP contribution in [0.4, 0.5) is 5.82 Å². The molecule has 2 heterocycles. The standard InChI is InChI=1S/C17H19Cl2N3O2S/c1-3-4-9(2)22-16-14(17(24)21-22)15(25-8-13(23)20-16)11-6-5-10(18)7-12(11)19/h5-7,9,15H,3-4,8H2,1-2H3,(H,20,23)(H,21,24)/t9-,15-/m1/s1. The summed E-state index contributed by atoms with van der Waals surface area (Å²) in [6.45, 7) is 4.11. The number of carbonyl (C=O) groups is 1. The van der Waals surface area contributed by atoms with Gasteiger partial charge in [-0.2, -0.15) is 0 Å². The van der Waals surface area contributed by atoms with Crippen LogP contribution in [0.1, 0.15) is 49.1 Å². The molecule has 0 radical (unpaired) electrons. The number of nitrogens with zero attached hydrogens (tertiary/aromatic N) is 1. The van der Waals surface area contributed by atoms with Gasteiger partial charge in [0.15, 0.2) is 0 Å². The molecule has 8 heteroatoms. The fourth-order valence-electron chi connectivity index (χ4n) is 3.08. The van der Waals surface area contributed by atoms with Gasteiger partial charge in [0.25, 0.3) is 5.56 Å². The van der Waals surface area contributed by atoms with Crippen LogP contribution in [0.25, 0.3) is 0 Å². The highest BCUT2D eigenvalue weighted by Crippen LogP contribution is 2.43. The van der Waals surface area contributed by atoms with Crippen LogP contribution in [0.2, 0.25) is 10.0 Å². The zero-order valence-corrected chi connectivity index (χ0v) is 16.3. The van der Waals surface area contributed by atoms with Crippen LogP contribution < -0.4 is 10.9 Å². The molecule has 1 aliphatic rings. The largest absolute Gasteiger partial charge is 0.310 e. The molecule has 0 saturated heterocycles. The van der Waals surface area contributed by atoms with E-state index in [0.29, 0.717) is 21.4 Å². The van der Waals surface area contributed by atoms with Crippen molar-refractivity contribution >= 4 is 46.7 Å². The van der Waals surface area contributed by atoms with Crippen LogP contribution in [0.5, 0.6) is 0 Å². The second-order valence-corrected chi connectivity index (χ2v) is 8.05. The minimum absolute atomic E-state index is 0.0752. The van der Waals surface area contributed by atoms with E-state index in [-0.39, 0.29) is 28.5 Å². The first kappa shape index (κ1) is 18.4. The van der Waals surface area contributed by atoms with E-state index in [9.17, 15) is 9.59 Å². The summed E-state index contributed by atoms with van der Waals surface area (Å²) in [5.74, 6) is 0.659. The Balaban J connectivity index is 2.16. The number of carbonyl (C=O) groups excluding carboxylic acids is 1. The normalized spacial score (nSPS) is 18.4. The number of thioether (sulfide) groups is 1. The molecule has 1 aromatic heterocycles. The number of hydrogen-bond acceptors (Lipinski definition) is 3. The molecule has 0 unspecified atom stereocenters. The van der Waals surface area contributed by atoms with Crippen LogP contribution in [0.3, 0.4) is 0 Å². The number of anilines is 1. The van der Waals surface area contributed by atoms with Crippen molar-refractivity contribution in [3.05, 3.63) is 49.7 Å². The number of hydrogen-bond donors (Lipinski definition) is 2. The summed E-state index contributed by atoms with van der Waals surface area (Å²) in [7, 11) is 0. The van der Waals surface area contributed by atoms with Crippen molar-refractivity contribution < 1.29 is 4.79 Å². The average Bonchev–Trinajstić information content (AvgIpc) is 2.75. The van der Waals surface area contributed by atoms with Gasteiger partial charge in [-0.25, -0.2) is 0 Å². The lowest BCUT2D eigenvalue weighted by Gasteiger charge is -2.17. The Morgan fingerprint density at radius 2 is 2.12 bits per heavy atom. The molecule has 134 valence electrons. The quantitative estimate of drug-likeness (QED) is 0.787. The molecule has 3 rings (SSSR count). The Labute approximate surface area is 160 Å². The Hall–Kier alpha value is -1.37. The van der Waals surface area contributed by atoms with Gasteiger partial charge < -0.3 is 5.32 Å². The summed E-state index contributed by atoms with van der Waals surface area (Å²) in [5, 5.41) is 6.45. The number of benzene rings is 1. The minimum Gasteiger partial charge on any atom is -0.310 e. The molecule has 2 N–H and O–H groups in total. The van der Waals surface area contributed by atoms with E-state index in [1.807, 2.05) is 13.0 Å². The Bertz CT molecular complexity index is 862. The van der Waals surface area contributed by atoms with Gasteiger partial charge in [-0.3, -0.25) is 19.4 Å². The van der Waals surface area contributed by atoms with Crippen molar-refractivity contribution in [2.24, 2.45) is 0 Å². The highest BCUT2D eigenvalue weighted by molar-refractivity contribution is 8.00. The summed E-state index contributed by atoms with van der Waals surface area (Å²) in [5.41, 5.74) is 1.10. The van der Waals surface area contributed by atoms with Crippen LogP contribution >= 0.6 is 35.0 Å². The third-order valence-corrected chi connectivity index (χ3v) is 6.07. The summed E-state index contributed by atoms with van der Waals surface area (Å²) in [6.07, 6.45) is 1.87. The maximum absolute atomic E-state index is 12.7. The molecule has 0 fully saturated rings. The number of aromatic nitrogens is 2. The minimum atomic E-state index is -0.336. The Morgan fingerprint density at radius 3 is 2.80 bits per heavy atom. The molecule has 5 nitrogen and oxygen atoms in total. The molecule has 1 amide bonds. The van der Waals surface area contributed by atoms with Gasteiger partial charge in [-0.15, -0.1) is 11.8 Å². The summed E-state index contributed by atoms with van der Waals surface area (Å²) < 4.78 is 1.77. The number of H-pyrrole nitrogens is 1. The lowest BCUT2D eigenvalue weighted by Crippen LogP contribution is -2.18. The summed E-state index contributed by atoms with van der Waals surface area (Å²) in [6, 6.07) is 5.29. The van der Waals surface area contributed by atoms with Crippen molar-refractivity contribution in [1.82, 2.24) is 9.78 Å². The molecule has 25 heavy (non-hydrogen) atoms. The molecule has 0 saturated carbocycles. The second-order valence-electron chi connectivity index (χ2n) is 6.12. The van der Waals surface area contributed by atoms with E-state index in [1.165, 1.54) is 11.8 Å². The smallest absolute Gasteiger partial charge is 0.270 e. The van der Waals surface area contributed by atoms with Crippen molar-refractivity contribution in [2.45, 2.75) is 38.0 Å². The number of halogens is 2. The zero-order valence-electron chi connectivity index (χ0n) is 13.9. The maximum atomic E-state index is 12.7. The first-order chi connectivity index (χ1) is 11.9. The van der Waals surface area contributed by atoms with Crippen molar-refractivity contribution in [3.8, 4) is 0 Å². The lowest BCUT2D eigenvalue weighted by atomic mass is 10.1. The number of rotatable bonds is 4. The number of aromatic amines is 1. The lowest BCUT2D eigenvalue weighted by molar-refractivity contribution is -0.113. The van der Waals surface area contributed by atoms with Crippen LogP contribution in [0, 0.1) is 0 Å². The van der Waals surface area contributed by atoms with Gasteiger partial charge in [0.1, 0.15) is 5.82 Å². The molecule has 2 aromatic rings. The summed E-state index contributed by atoms with van der Waals surface area (Å²) >= 11 is 13.7. The molecule has 2 atom stereocenters. The molecular formula is C17H19Cl2N3O2S. The fourth-order valence-corrected chi connectivity index (χ4v) is 4.82. The third-order valence-electron chi connectivity index (χ3n) is 4.26. The van der Waals surface area contributed by atoms with E-state index >= 15 is 0 Å². The molecule has 1 aromatic carbocycles. The predicted octanol–water partition coefficient (Wildman–Crippen LogP) is 4.62. The van der Waals surface area contributed by atoms with E-state index < -0.39 is 0 Å². The predicted molar refractivity (Wildman–Crippen MR) is 104 cm³/mol. The summed E-state index contributed by atoms with van der Waals surface area (Å²) in [4.78, 5) is 24.9. The van der Waals surface area contributed by atoms with Gasteiger partial charge in [-0.1, -0.05) is 42.6 Å². The highest BCUT2D eigenvalue weighted by Gasteiger charge is 2.32.